The first-order valence-corrected chi connectivity index (χ1v) is 7.27. The molecule has 0 saturated carbocycles. The van der Waals surface area contributed by atoms with E-state index in [4.69, 9.17) is 23.2 Å². The fourth-order valence-corrected chi connectivity index (χ4v) is 2.57. The number of hydrogen-bond acceptors (Lipinski definition) is 3. The number of benzene rings is 1. The average Bonchev–Trinajstić information content (AvgIpc) is 2.78. The highest BCUT2D eigenvalue weighted by atomic mass is 35.5. The number of nitrogens with zero attached hydrogens (tertiary/aromatic N) is 3. The number of halogens is 2. The third kappa shape index (κ3) is 2.53. The summed E-state index contributed by atoms with van der Waals surface area (Å²) >= 11 is 12.0. The molecular formula is C15H12Cl2N4O. The lowest BCUT2D eigenvalue weighted by Crippen LogP contribution is -2.12. The first kappa shape index (κ1) is 14.8. The third-order valence-corrected chi connectivity index (χ3v) is 4.14. The summed E-state index contributed by atoms with van der Waals surface area (Å²) in [6.07, 6.45) is 1.51. The van der Waals surface area contributed by atoms with Gasteiger partial charge in [-0.15, -0.1) is 0 Å². The lowest BCUT2D eigenvalue weighted by Gasteiger charge is -2.08. The van der Waals surface area contributed by atoms with E-state index in [1.807, 2.05) is 14.0 Å². The Kier molecular flexibility index (Phi) is 3.76. The van der Waals surface area contributed by atoms with Gasteiger partial charge in [-0.1, -0.05) is 29.3 Å². The minimum atomic E-state index is -0.304. The predicted molar refractivity (Wildman–Crippen MR) is 87.7 cm³/mol. The monoisotopic (exact) mass is 334 g/mol. The molecule has 0 aliphatic heterocycles. The van der Waals surface area contributed by atoms with E-state index < -0.39 is 0 Å². The smallest absolute Gasteiger partial charge is 0.257 e. The standard InChI is InChI=1S/C15H12Cl2N4O/c1-8-10-6-9(7-18-14(10)21(2)20-8)15(22)19-12-5-3-4-11(16)13(12)17/h3-7H,1-2H3,(H,19,22). The van der Waals surface area contributed by atoms with Crippen LogP contribution in [0.1, 0.15) is 16.1 Å². The number of carbonyl (C=O) groups is 1. The molecule has 1 amide bonds. The van der Waals surface area contributed by atoms with Crippen LogP contribution >= 0.6 is 23.2 Å². The molecule has 7 heteroatoms. The molecule has 112 valence electrons. The van der Waals surface area contributed by atoms with Gasteiger partial charge in [0.2, 0.25) is 0 Å². The van der Waals surface area contributed by atoms with Crippen molar-refractivity contribution in [2.75, 3.05) is 5.32 Å². The highest BCUT2D eigenvalue weighted by Gasteiger charge is 2.13. The maximum absolute atomic E-state index is 12.4. The summed E-state index contributed by atoms with van der Waals surface area (Å²) in [5.74, 6) is -0.304. The molecule has 5 nitrogen and oxygen atoms in total. The number of hydrogen-bond donors (Lipinski definition) is 1. The average molecular weight is 335 g/mol. The number of pyridine rings is 1. The zero-order chi connectivity index (χ0) is 15.9. The van der Waals surface area contributed by atoms with E-state index in [1.54, 1.807) is 28.9 Å². The highest BCUT2D eigenvalue weighted by molar-refractivity contribution is 6.44. The van der Waals surface area contributed by atoms with E-state index in [1.165, 1.54) is 6.20 Å². The minimum absolute atomic E-state index is 0.304. The molecule has 0 bridgehead atoms. The van der Waals surface area contributed by atoms with Crippen LogP contribution in [0.5, 0.6) is 0 Å². The van der Waals surface area contributed by atoms with E-state index in [0.29, 0.717) is 21.3 Å². The maximum atomic E-state index is 12.4. The molecule has 3 rings (SSSR count). The number of aryl methyl sites for hydroxylation is 2. The van der Waals surface area contributed by atoms with Crippen LogP contribution in [0, 0.1) is 6.92 Å². The molecule has 0 fully saturated rings. The van der Waals surface area contributed by atoms with E-state index >= 15 is 0 Å². The summed E-state index contributed by atoms with van der Waals surface area (Å²) in [5.41, 5.74) is 2.44. The largest absolute Gasteiger partial charge is 0.321 e. The van der Waals surface area contributed by atoms with E-state index in [-0.39, 0.29) is 5.91 Å². The number of rotatable bonds is 2. The number of fused-ring (bicyclic) bond motifs is 1. The number of nitrogens with one attached hydrogen (secondary N) is 1. The van der Waals surface area contributed by atoms with Gasteiger partial charge in [0.1, 0.15) is 0 Å². The molecular weight excluding hydrogens is 323 g/mol. The normalized spacial score (nSPS) is 10.9. The predicted octanol–water partition coefficient (Wildman–Crippen LogP) is 3.84. The first-order valence-electron chi connectivity index (χ1n) is 6.52. The number of anilines is 1. The van der Waals surface area contributed by atoms with Crippen LogP contribution in [0.4, 0.5) is 5.69 Å². The van der Waals surface area contributed by atoms with Gasteiger partial charge in [-0.25, -0.2) is 4.98 Å². The van der Waals surface area contributed by atoms with Crippen LogP contribution in [0.15, 0.2) is 30.5 Å². The number of carbonyl (C=O) groups excluding carboxylic acids is 1. The zero-order valence-corrected chi connectivity index (χ0v) is 13.4. The molecule has 0 aliphatic rings. The third-order valence-electron chi connectivity index (χ3n) is 3.32. The quantitative estimate of drug-likeness (QED) is 0.774. The number of aromatic nitrogens is 3. The van der Waals surface area contributed by atoms with Gasteiger partial charge >= 0.3 is 0 Å². The molecule has 0 saturated heterocycles. The van der Waals surface area contributed by atoms with Crippen molar-refractivity contribution in [3.8, 4) is 0 Å². The number of amides is 1. The SMILES string of the molecule is Cc1nn(C)c2ncc(C(=O)Nc3cccc(Cl)c3Cl)cc12. The Balaban J connectivity index is 1.95. The van der Waals surface area contributed by atoms with Crippen molar-refractivity contribution in [3.05, 3.63) is 51.8 Å². The molecule has 0 atom stereocenters. The fraction of sp³-hybridized carbons (Fsp3) is 0.133. The second kappa shape index (κ2) is 5.59. The van der Waals surface area contributed by atoms with Crippen molar-refractivity contribution in [2.24, 2.45) is 7.05 Å². The van der Waals surface area contributed by atoms with Gasteiger partial charge in [-0.3, -0.25) is 9.48 Å². The fourth-order valence-electron chi connectivity index (χ4n) is 2.23. The van der Waals surface area contributed by atoms with E-state index in [2.05, 4.69) is 15.4 Å². The Morgan fingerprint density at radius 1 is 1.32 bits per heavy atom. The maximum Gasteiger partial charge on any atom is 0.257 e. The summed E-state index contributed by atoms with van der Waals surface area (Å²) in [4.78, 5) is 16.6. The molecule has 0 unspecified atom stereocenters. The van der Waals surface area contributed by atoms with Gasteiger partial charge in [-0.05, 0) is 25.1 Å². The Morgan fingerprint density at radius 3 is 2.86 bits per heavy atom. The Morgan fingerprint density at radius 2 is 2.09 bits per heavy atom. The van der Waals surface area contributed by atoms with E-state index in [9.17, 15) is 4.79 Å². The Hall–Kier alpha value is -2.11. The molecule has 3 aromatic rings. The van der Waals surface area contributed by atoms with Gasteiger partial charge in [0.05, 0.1) is 27.0 Å². The van der Waals surface area contributed by atoms with E-state index in [0.717, 1.165) is 16.7 Å². The molecule has 2 heterocycles. The van der Waals surface area contributed by atoms with Gasteiger partial charge in [-0.2, -0.15) is 5.10 Å². The summed E-state index contributed by atoms with van der Waals surface area (Å²) in [5, 5.41) is 8.55. The van der Waals surface area contributed by atoms with Crippen LogP contribution < -0.4 is 5.32 Å². The molecule has 0 aliphatic carbocycles. The van der Waals surface area contributed by atoms with Gasteiger partial charge in [0.15, 0.2) is 5.65 Å². The van der Waals surface area contributed by atoms with Crippen LogP contribution in [0.2, 0.25) is 10.0 Å². The second-order valence-electron chi connectivity index (χ2n) is 4.86. The van der Waals surface area contributed by atoms with Gasteiger partial charge in [0, 0.05) is 18.6 Å². The zero-order valence-electron chi connectivity index (χ0n) is 11.9. The molecule has 0 radical (unpaired) electrons. The van der Waals surface area contributed by atoms with Crippen LogP contribution in [0.25, 0.3) is 11.0 Å². The summed E-state index contributed by atoms with van der Waals surface area (Å²) in [6, 6.07) is 6.83. The van der Waals surface area contributed by atoms with Crippen LogP contribution in [-0.4, -0.2) is 20.7 Å². The highest BCUT2D eigenvalue weighted by Crippen LogP contribution is 2.30. The van der Waals surface area contributed by atoms with Crippen molar-refractivity contribution < 1.29 is 4.79 Å². The van der Waals surface area contributed by atoms with Crippen LogP contribution in [0.3, 0.4) is 0 Å². The summed E-state index contributed by atoms with van der Waals surface area (Å²) in [7, 11) is 1.81. The van der Waals surface area contributed by atoms with Crippen molar-refractivity contribution in [2.45, 2.75) is 6.92 Å². The Labute approximate surface area is 136 Å². The Bertz CT molecular complexity index is 889. The summed E-state index contributed by atoms with van der Waals surface area (Å²) in [6.45, 7) is 1.87. The molecule has 1 aromatic carbocycles. The van der Waals surface area contributed by atoms with Crippen molar-refractivity contribution in [1.82, 2.24) is 14.8 Å². The molecule has 2 aromatic heterocycles. The topological polar surface area (TPSA) is 59.8 Å². The van der Waals surface area contributed by atoms with Crippen molar-refractivity contribution >= 4 is 45.8 Å². The molecule has 22 heavy (non-hydrogen) atoms. The second-order valence-corrected chi connectivity index (χ2v) is 5.64. The van der Waals surface area contributed by atoms with Crippen LogP contribution in [-0.2, 0) is 7.05 Å². The lowest BCUT2D eigenvalue weighted by atomic mass is 10.2. The van der Waals surface area contributed by atoms with Crippen molar-refractivity contribution in [3.63, 3.8) is 0 Å². The van der Waals surface area contributed by atoms with Gasteiger partial charge in [0.25, 0.3) is 5.91 Å². The lowest BCUT2D eigenvalue weighted by molar-refractivity contribution is 0.102. The van der Waals surface area contributed by atoms with Crippen molar-refractivity contribution in [1.29, 1.82) is 0 Å². The minimum Gasteiger partial charge on any atom is -0.321 e. The summed E-state index contributed by atoms with van der Waals surface area (Å²) < 4.78 is 1.68. The van der Waals surface area contributed by atoms with Gasteiger partial charge < -0.3 is 5.32 Å². The molecule has 1 N–H and O–H groups in total. The first-order chi connectivity index (χ1) is 10.5. The molecule has 0 spiro atoms.